The van der Waals surface area contributed by atoms with E-state index in [1.165, 1.54) is 6.07 Å². The van der Waals surface area contributed by atoms with Gasteiger partial charge in [0.2, 0.25) is 0 Å². The van der Waals surface area contributed by atoms with Gasteiger partial charge in [0.25, 0.3) is 5.91 Å². The number of piperazine rings is 1. The molecule has 2 aromatic heterocycles. The molecule has 2 aromatic carbocycles. The van der Waals surface area contributed by atoms with Gasteiger partial charge in [0, 0.05) is 49.7 Å². The first-order valence-corrected chi connectivity index (χ1v) is 11.1. The van der Waals surface area contributed by atoms with E-state index in [2.05, 4.69) is 22.4 Å². The molecule has 31 heavy (non-hydrogen) atoms. The molecule has 6 nitrogen and oxygen atoms in total. The summed E-state index contributed by atoms with van der Waals surface area (Å²) in [6.07, 6.45) is 0. The minimum Gasteiger partial charge on any atom is -0.451 e. The van der Waals surface area contributed by atoms with E-state index in [1.54, 1.807) is 40.5 Å². The fraction of sp³-hybridized carbons (Fsp3) is 0.208. The van der Waals surface area contributed by atoms with Gasteiger partial charge in [-0.2, -0.15) is 0 Å². The van der Waals surface area contributed by atoms with Crippen LogP contribution in [0.5, 0.6) is 0 Å². The van der Waals surface area contributed by atoms with Gasteiger partial charge in [0.1, 0.15) is 10.6 Å². The molecule has 0 saturated carbocycles. The van der Waals surface area contributed by atoms with Gasteiger partial charge < -0.3 is 9.32 Å². The van der Waals surface area contributed by atoms with E-state index in [0.29, 0.717) is 24.1 Å². The number of carbonyl (C=O) groups is 1. The molecular formula is C24H21N3O3S. The number of fused-ring (bicyclic) bond motifs is 1. The second-order valence-electron chi connectivity index (χ2n) is 7.55. The highest BCUT2D eigenvalue weighted by Crippen LogP contribution is 2.24. The van der Waals surface area contributed by atoms with Crippen LogP contribution in [0.1, 0.15) is 16.2 Å². The number of amides is 1. The van der Waals surface area contributed by atoms with Crippen molar-refractivity contribution in [2.24, 2.45) is 0 Å². The van der Waals surface area contributed by atoms with Crippen LogP contribution < -0.4 is 5.43 Å². The Bertz CT molecular complexity index is 1270. The molecule has 0 radical (unpaired) electrons. The minimum atomic E-state index is -0.234. The highest BCUT2D eigenvalue weighted by molar-refractivity contribution is 7.13. The largest absolute Gasteiger partial charge is 0.451 e. The predicted molar refractivity (Wildman–Crippen MR) is 121 cm³/mol. The van der Waals surface area contributed by atoms with E-state index < -0.39 is 0 Å². The van der Waals surface area contributed by atoms with Gasteiger partial charge in [-0.25, -0.2) is 4.98 Å². The third-order valence-electron chi connectivity index (χ3n) is 5.46. The van der Waals surface area contributed by atoms with E-state index in [1.807, 2.05) is 18.2 Å². The molecule has 7 heteroatoms. The molecule has 1 aliphatic heterocycles. The van der Waals surface area contributed by atoms with Crippen molar-refractivity contribution in [1.29, 1.82) is 0 Å². The van der Waals surface area contributed by atoms with Crippen molar-refractivity contribution < 1.29 is 9.21 Å². The number of rotatable bonds is 4. The van der Waals surface area contributed by atoms with E-state index in [-0.39, 0.29) is 17.1 Å². The summed E-state index contributed by atoms with van der Waals surface area (Å²) in [4.78, 5) is 34.0. The van der Waals surface area contributed by atoms with Crippen molar-refractivity contribution in [2.45, 2.75) is 6.54 Å². The third kappa shape index (κ3) is 4.15. The summed E-state index contributed by atoms with van der Waals surface area (Å²) in [7, 11) is 0. The van der Waals surface area contributed by atoms with Crippen molar-refractivity contribution in [3.05, 3.63) is 87.7 Å². The summed E-state index contributed by atoms with van der Waals surface area (Å²) < 4.78 is 5.71. The van der Waals surface area contributed by atoms with Gasteiger partial charge >= 0.3 is 0 Å². The van der Waals surface area contributed by atoms with Crippen LogP contribution in [0, 0.1) is 0 Å². The lowest BCUT2D eigenvalue weighted by Crippen LogP contribution is -2.48. The van der Waals surface area contributed by atoms with E-state index >= 15 is 0 Å². The summed E-state index contributed by atoms with van der Waals surface area (Å²) >= 11 is 1.65. The molecule has 0 atom stereocenters. The van der Waals surface area contributed by atoms with Crippen molar-refractivity contribution in [1.82, 2.24) is 14.8 Å². The van der Waals surface area contributed by atoms with Crippen LogP contribution in [0.3, 0.4) is 0 Å². The standard InChI is InChI=1S/C24H21N3O3S/c28-20-14-22(30-21-9-5-4-8-19(20)21)24(29)27-12-10-26(11-13-27)15-18-16-31-23(25-18)17-6-2-1-3-7-17/h1-9,14,16H,10-13,15H2. The molecular weight excluding hydrogens is 410 g/mol. The number of carbonyl (C=O) groups excluding carboxylic acids is 1. The predicted octanol–water partition coefficient (Wildman–Crippen LogP) is 3.87. The lowest BCUT2D eigenvalue weighted by atomic mass is 10.2. The fourth-order valence-electron chi connectivity index (χ4n) is 3.80. The van der Waals surface area contributed by atoms with Crippen LogP contribution >= 0.6 is 11.3 Å². The normalized spacial score (nSPS) is 14.8. The van der Waals surface area contributed by atoms with Crippen LogP contribution in [0.4, 0.5) is 0 Å². The van der Waals surface area contributed by atoms with Crippen molar-refractivity contribution in [2.75, 3.05) is 26.2 Å². The smallest absolute Gasteiger partial charge is 0.289 e. The van der Waals surface area contributed by atoms with Crippen LogP contribution in [0.2, 0.25) is 0 Å². The molecule has 1 saturated heterocycles. The number of aromatic nitrogens is 1. The molecule has 156 valence electrons. The zero-order valence-corrected chi connectivity index (χ0v) is 17.7. The summed E-state index contributed by atoms with van der Waals surface area (Å²) in [6.45, 7) is 3.44. The van der Waals surface area contributed by atoms with Gasteiger partial charge in [0.15, 0.2) is 11.2 Å². The Kier molecular flexibility index (Phi) is 5.36. The molecule has 0 aliphatic carbocycles. The molecule has 1 aliphatic rings. The van der Waals surface area contributed by atoms with Gasteiger partial charge in [0.05, 0.1) is 11.1 Å². The topological polar surface area (TPSA) is 66.7 Å². The Hall–Kier alpha value is -3.29. The Morgan fingerprint density at radius 3 is 2.55 bits per heavy atom. The Morgan fingerprint density at radius 2 is 1.74 bits per heavy atom. The zero-order valence-electron chi connectivity index (χ0n) is 16.9. The zero-order chi connectivity index (χ0) is 21.2. The first-order chi connectivity index (χ1) is 15.2. The van der Waals surface area contributed by atoms with Gasteiger partial charge in [-0.15, -0.1) is 11.3 Å². The van der Waals surface area contributed by atoms with Crippen LogP contribution in [0.15, 0.2) is 75.3 Å². The van der Waals surface area contributed by atoms with Crippen molar-refractivity contribution in [3.63, 3.8) is 0 Å². The molecule has 0 unspecified atom stereocenters. The number of thiazole rings is 1. The SMILES string of the molecule is O=C(c1cc(=O)c2ccccc2o1)N1CCN(Cc2csc(-c3ccccc3)n2)CC1. The molecule has 1 amide bonds. The van der Waals surface area contributed by atoms with E-state index in [0.717, 1.165) is 35.9 Å². The number of benzene rings is 2. The highest BCUT2D eigenvalue weighted by atomic mass is 32.1. The number of nitrogens with zero attached hydrogens (tertiary/aromatic N) is 3. The first-order valence-electron chi connectivity index (χ1n) is 10.2. The quantitative estimate of drug-likeness (QED) is 0.491. The summed E-state index contributed by atoms with van der Waals surface area (Å²) in [6, 6.07) is 18.5. The fourth-order valence-corrected chi connectivity index (χ4v) is 4.61. The van der Waals surface area contributed by atoms with Crippen molar-refractivity contribution in [3.8, 4) is 10.6 Å². The summed E-state index contributed by atoms with van der Waals surface area (Å²) in [5, 5.41) is 3.61. The second-order valence-corrected chi connectivity index (χ2v) is 8.41. The summed E-state index contributed by atoms with van der Waals surface area (Å²) in [5.74, 6) is -0.133. The monoisotopic (exact) mass is 431 g/mol. The molecule has 3 heterocycles. The molecule has 0 N–H and O–H groups in total. The van der Waals surface area contributed by atoms with Gasteiger partial charge in [-0.05, 0) is 12.1 Å². The van der Waals surface area contributed by atoms with E-state index in [9.17, 15) is 9.59 Å². The number of hydrogen-bond donors (Lipinski definition) is 0. The third-order valence-corrected chi connectivity index (χ3v) is 6.40. The molecule has 4 aromatic rings. The molecule has 0 bridgehead atoms. The first kappa shape index (κ1) is 19.7. The van der Waals surface area contributed by atoms with Crippen LogP contribution in [0.25, 0.3) is 21.5 Å². The maximum atomic E-state index is 12.9. The Morgan fingerprint density at radius 1 is 1.00 bits per heavy atom. The lowest BCUT2D eigenvalue weighted by Gasteiger charge is -2.34. The maximum Gasteiger partial charge on any atom is 0.289 e. The summed E-state index contributed by atoms with van der Waals surface area (Å²) in [5.41, 5.74) is 2.42. The van der Waals surface area contributed by atoms with E-state index in [4.69, 9.17) is 9.40 Å². The average molecular weight is 432 g/mol. The molecule has 5 rings (SSSR count). The Labute approximate surface area is 183 Å². The average Bonchev–Trinajstić information content (AvgIpc) is 3.28. The second kappa shape index (κ2) is 8.45. The van der Waals surface area contributed by atoms with Gasteiger partial charge in [-0.1, -0.05) is 42.5 Å². The number of hydrogen-bond acceptors (Lipinski definition) is 6. The van der Waals surface area contributed by atoms with Crippen LogP contribution in [-0.2, 0) is 6.54 Å². The lowest BCUT2D eigenvalue weighted by molar-refractivity contribution is 0.0597. The molecule has 0 spiro atoms. The highest BCUT2D eigenvalue weighted by Gasteiger charge is 2.25. The van der Waals surface area contributed by atoms with Gasteiger partial charge in [-0.3, -0.25) is 14.5 Å². The van der Waals surface area contributed by atoms with Crippen molar-refractivity contribution >= 4 is 28.2 Å². The van der Waals surface area contributed by atoms with Crippen LogP contribution in [-0.4, -0.2) is 46.9 Å². The molecule has 1 fully saturated rings. The Balaban J connectivity index is 1.22. The minimum absolute atomic E-state index is 0.101. The maximum absolute atomic E-state index is 12.9. The number of para-hydroxylation sites is 1.